The third-order valence-electron chi connectivity index (χ3n) is 4.07. The molecule has 112 valence electrons. The number of ether oxygens (including phenoxy) is 1. The maximum Gasteiger partial charge on any atom is 0.127 e. The van der Waals surface area contributed by atoms with Crippen LogP contribution in [0.15, 0.2) is 30.5 Å². The van der Waals surface area contributed by atoms with Crippen LogP contribution in [0.25, 0.3) is 10.4 Å². The van der Waals surface area contributed by atoms with Crippen molar-refractivity contribution in [2.45, 2.75) is 44.7 Å². The molecule has 0 bridgehead atoms. The topological polar surface area (TPSA) is 34.1 Å². The number of nitrogens with zero attached hydrogens (tertiary/aromatic N) is 1. The molecule has 0 spiro atoms. The Hall–Kier alpha value is -1.39. The Bertz CT molecular complexity index is 576. The van der Waals surface area contributed by atoms with Crippen LogP contribution in [0.4, 0.5) is 0 Å². The van der Waals surface area contributed by atoms with Crippen molar-refractivity contribution in [2.24, 2.45) is 0 Å². The van der Waals surface area contributed by atoms with E-state index < -0.39 is 0 Å². The normalized spacial score (nSPS) is 16.0. The average molecular weight is 302 g/mol. The van der Waals surface area contributed by atoms with Crippen molar-refractivity contribution >= 4 is 11.3 Å². The molecule has 1 aromatic carbocycles. The molecule has 0 saturated heterocycles. The van der Waals surface area contributed by atoms with Crippen LogP contribution < -0.4 is 10.1 Å². The van der Waals surface area contributed by atoms with E-state index in [9.17, 15) is 0 Å². The van der Waals surface area contributed by atoms with Crippen molar-refractivity contribution in [1.82, 2.24) is 10.3 Å². The molecule has 0 aliphatic heterocycles. The number of benzene rings is 1. The van der Waals surface area contributed by atoms with Gasteiger partial charge in [0.25, 0.3) is 0 Å². The van der Waals surface area contributed by atoms with Gasteiger partial charge in [-0.3, -0.25) is 0 Å². The fraction of sp³-hybridized carbons (Fsp3) is 0.471. The van der Waals surface area contributed by atoms with Crippen LogP contribution in [0.2, 0.25) is 0 Å². The van der Waals surface area contributed by atoms with Crippen molar-refractivity contribution < 1.29 is 4.74 Å². The molecule has 0 unspecified atom stereocenters. The first-order chi connectivity index (χ1) is 10.4. The Morgan fingerprint density at radius 3 is 2.86 bits per heavy atom. The number of hydrogen-bond acceptors (Lipinski definition) is 4. The predicted octanol–water partition coefficient (Wildman–Crippen LogP) is 4.24. The van der Waals surface area contributed by atoms with E-state index in [4.69, 9.17) is 4.74 Å². The van der Waals surface area contributed by atoms with Gasteiger partial charge in [0.05, 0.1) is 12.0 Å². The van der Waals surface area contributed by atoms with Gasteiger partial charge in [-0.1, -0.05) is 31.4 Å². The molecule has 0 atom stereocenters. The molecule has 0 amide bonds. The second-order valence-electron chi connectivity index (χ2n) is 5.53. The van der Waals surface area contributed by atoms with E-state index in [0.717, 1.165) is 22.9 Å². The summed E-state index contributed by atoms with van der Waals surface area (Å²) in [7, 11) is 1.71. The molecule has 4 heteroatoms. The van der Waals surface area contributed by atoms with E-state index in [1.807, 2.05) is 24.4 Å². The average Bonchev–Trinajstić information content (AvgIpc) is 3.02. The van der Waals surface area contributed by atoms with Crippen molar-refractivity contribution in [1.29, 1.82) is 0 Å². The Labute approximate surface area is 130 Å². The number of rotatable bonds is 5. The van der Waals surface area contributed by atoms with Crippen LogP contribution in [0.3, 0.4) is 0 Å². The van der Waals surface area contributed by atoms with Gasteiger partial charge >= 0.3 is 0 Å². The Morgan fingerprint density at radius 2 is 2.05 bits per heavy atom. The van der Waals surface area contributed by atoms with Crippen LogP contribution in [-0.2, 0) is 6.54 Å². The maximum atomic E-state index is 5.43. The highest BCUT2D eigenvalue weighted by molar-refractivity contribution is 7.15. The lowest BCUT2D eigenvalue weighted by Gasteiger charge is -2.22. The zero-order chi connectivity index (χ0) is 14.5. The predicted molar refractivity (Wildman–Crippen MR) is 87.8 cm³/mol. The van der Waals surface area contributed by atoms with Gasteiger partial charge in [-0.15, -0.1) is 11.3 Å². The Kier molecular flexibility index (Phi) is 4.88. The van der Waals surface area contributed by atoms with Crippen LogP contribution in [0.1, 0.15) is 37.1 Å². The molecule has 2 aromatic rings. The van der Waals surface area contributed by atoms with E-state index in [-0.39, 0.29) is 0 Å². The molecule has 1 fully saturated rings. The molecular formula is C17H22N2OS. The number of thiazole rings is 1. The van der Waals surface area contributed by atoms with Crippen molar-refractivity contribution in [3.8, 4) is 16.2 Å². The molecule has 1 N–H and O–H groups in total. The molecule has 1 heterocycles. The third kappa shape index (κ3) is 3.63. The summed E-state index contributed by atoms with van der Waals surface area (Å²) in [6, 6.07) is 8.80. The molecular weight excluding hydrogens is 280 g/mol. The molecule has 0 radical (unpaired) electrons. The summed E-state index contributed by atoms with van der Waals surface area (Å²) < 4.78 is 5.43. The van der Waals surface area contributed by atoms with Gasteiger partial charge in [-0.05, 0) is 25.0 Å². The lowest BCUT2D eigenvalue weighted by Crippen LogP contribution is -2.30. The highest BCUT2D eigenvalue weighted by Crippen LogP contribution is 2.33. The number of aromatic nitrogens is 1. The lowest BCUT2D eigenvalue weighted by molar-refractivity contribution is 0.372. The molecule has 1 aromatic heterocycles. The highest BCUT2D eigenvalue weighted by Gasteiger charge is 2.14. The van der Waals surface area contributed by atoms with E-state index in [0.29, 0.717) is 6.04 Å². The summed E-state index contributed by atoms with van der Waals surface area (Å²) >= 11 is 1.75. The summed E-state index contributed by atoms with van der Waals surface area (Å²) in [5.74, 6) is 0.910. The summed E-state index contributed by atoms with van der Waals surface area (Å²) in [5.41, 5.74) is 1.13. The van der Waals surface area contributed by atoms with Crippen molar-refractivity contribution in [3.63, 3.8) is 0 Å². The fourth-order valence-electron chi connectivity index (χ4n) is 2.90. The molecule has 3 rings (SSSR count). The van der Waals surface area contributed by atoms with Gasteiger partial charge in [0.15, 0.2) is 0 Å². The third-order valence-corrected chi connectivity index (χ3v) is 5.10. The summed E-state index contributed by atoms with van der Waals surface area (Å²) in [6.45, 7) is 0.879. The number of nitrogens with one attached hydrogen (secondary N) is 1. The summed E-state index contributed by atoms with van der Waals surface area (Å²) in [5, 5.41) is 4.80. The van der Waals surface area contributed by atoms with Gasteiger partial charge in [0.1, 0.15) is 10.8 Å². The quantitative estimate of drug-likeness (QED) is 0.897. The minimum absolute atomic E-state index is 0.678. The van der Waals surface area contributed by atoms with Gasteiger partial charge in [-0.25, -0.2) is 4.98 Å². The summed E-state index contributed by atoms with van der Waals surface area (Å²) in [4.78, 5) is 5.73. The van der Waals surface area contributed by atoms with Gasteiger partial charge in [-0.2, -0.15) is 0 Å². The maximum absolute atomic E-state index is 5.43. The standard InChI is InChI=1S/C17H22N2OS/c1-20-15-10-6-5-9-14(15)16-11-19-17(21-16)12-18-13-7-3-2-4-8-13/h5-6,9-11,13,18H,2-4,7-8,12H2,1H3. The monoisotopic (exact) mass is 302 g/mol. The lowest BCUT2D eigenvalue weighted by atomic mass is 9.96. The minimum Gasteiger partial charge on any atom is -0.496 e. The van der Waals surface area contributed by atoms with Crippen molar-refractivity contribution in [3.05, 3.63) is 35.5 Å². The number of methoxy groups -OCH3 is 1. The molecule has 21 heavy (non-hydrogen) atoms. The Balaban J connectivity index is 1.65. The van der Waals surface area contributed by atoms with Gasteiger partial charge < -0.3 is 10.1 Å². The summed E-state index contributed by atoms with van der Waals surface area (Å²) in [6.07, 6.45) is 8.70. The van der Waals surface area contributed by atoms with E-state index in [1.165, 1.54) is 37.0 Å². The van der Waals surface area contributed by atoms with Gasteiger partial charge in [0.2, 0.25) is 0 Å². The first-order valence-corrected chi connectivity index (χ1v) is 8.50. The zero-order valence-electron chi connectivity index (χ0n) is 12.5. The number of para-hydroxylation sites is 1. The molecule has 1 aliphatic rings. The Morgan fingerprint density at radius 1 is 1.24 bits per heavy atom. The zero-order valence-corrected chi connectivity index (χ0v) is 13.3. The minimum atomic E-state index is 0.678. The fourth-order valence-corrected chi connectivity index (χ4v) is 3.80. The van der Waals surface area contributed by atoms with Crippen LogP contribution in [0, 0.1) is 0 Å². The number of hydrogen-bond donors (Lipinski definition) is 1. The van der Waals surface area contributed by atoms with Crippen LogP contribution in [0.5, 0.6) is 5.75 Å². The second kappa shape index (κ2) is 7.05. The molecule has 1 aliphatic carbocycles. The van der Waals surface area contributed by atoms with Gasteiger partial charge in [0, 0.05) is 24.3 Å². The molecule has 3 nitrogen and oxygen atoms in total. The smallest absolute Gasteiger partial charge is 0.127 e. The van der Waals surface area contributed by atoms with E-state index in [2.05, 4.69) is 16.4 Å². The van der Waals surface area contributed by atoms with Crippen molar-refractivity contribution in [2.75, 3.05) is 7.11 Å². The van der Waals surface area contributed by atoms with E-state index in [1.54, 1.807) is 18.4 Å². The largest absolute Gasteiger partial charge is 0.496 e. The second-order valence-corrected chi connectivity index (χ2v) is 6.65. The van der Waals surface area contributed by atoms with Crippen LogP contribution >= 0.6 is 11.3 Å². The van der Waals surface area contributed by atoms with E-state index >= 15 is 0 Å². The SMILES string of the molecule is COc1ccccc1-c1cnc(CNC2CCCCC2)s1. The first-order valence-electron chi connectivity index (χ1n) is 7.68. The molecule has 1 saturated carbocycles. The van der Waals surface area contributed by atoms with Crippen LogP contribution in [-0.4, -0.2) is 18.1 Å². The highest BCUT2D eigenvalue weighted by atomic mass is 32.1. The first kappa shape index (κ1) is 14.5.